The van der Waals surface area contributed by atoms with Gasteiger partial charge in [0.2, 0.25) is 5.91 Å². The number of imidazole rings is 1. The molecule has 0 bridgehead atoms. The van der Waals surface area contributed by atoms with Crippen molar-refractivity contribution in [3.8, 4) is 22.8 Å². The predicted octanol–water partition coefficient (Wildman–Crippen LogP) is 1.74. The zero-order valence-electron chi connectivity index (χ0n) is 16.1. The Bertz CT molecular complexity index is 1020. The molecule has 0 aliphatic carbocycles. The molecule has 29 heavy (non-hydrogen) atoms. The molecule has 8 nitrogen and oxygen atoms in total. The van der Waals surface area contributed by atoms with E-state index in [4.69, 9.17) is 9.47 Å². The van der Waals surface area contributed by atoms with Gasteiger partial charge in [0, 0.05) is 18.2 Å². The molecule has 0 spiro atoms. The van der Waals surface area contributed by atoms with E-state index in [1.165, 1.54) is 11.8 Å². The Kier molecular flexibility index (Phi) is 5.73. The van der Waals surface area contributed by atoms with Gasteiger partial charge < -0.3 is 19.4 Å². The summed E-state index contributed by atoms with van der Waals surface area (Å²) in [5.74, 6) is 1.64. The molecule has 1 fully saturated rings. The van der Waals surface area contributed by atoms with Crippen molar-refractivity contribution in [3.63, 3.8) is 0 Å². The molecule has 1 unspecified atom stereocenters. The summed E-state index contributed by atoms with van der Waals surface area (Å²) in [7, 11) is -3.01. The average molecular weight is 438 g/mol. The molecule has 2 aliphatic heterocycles. The first kappa shape index (κ1) is 20.1. The molecule has 2 aliphatic rings. The van der Waals surface area contributed by atoms with E-state index in [1.54, 1.807) is 6.20 Å². The minimum atomic E-state index is -3.01. The lowest BCUT2D eigenvalue weighted by atomic mass is 10.1. The van der Waals surface area contributed by atoms with Crippen molar-refractivity contribution in [1.29, 1.82) is 0 Å². The van der Waals surface area contributed by atoms with E-state index in [0.29, 0.717) is 26.2 Å². The van der Waals surface area contributed by atoms with Gasteiger partial charge in [-0.25, -0.2) is 13.4 Å². The summed E-state index contributed by atoms with van der Waals surface area (Å²) >= 11 is 1.34. The topological polar surface area (TPSA) is 99.5 Å². The van der Waals surface area contributed by atoms with E-state index >= 15 is 0 Å². The number of sulfone groups is 1. The Morgan fingerprint density at radius 3 is 2.83 bits per heavy atom. The quantitative estimate of drug-likeness (QED) is 0.687. The number of aromatic nitrogens is 2. The molecule has 0 saturated carbocycles. The highest BCUT2D eigenvalue weighted by Crippen LogP contribution is 2.35. The van der Waals surface area contributed by atoms with E-state index in [9.17, 15) is 13.2 Å². The Morgan fingerprint density at radius 2 is 2.10 bits per heavy atom. The number of carbonyl (C=O) groups is 1. The van der Waals surface area contributed by atoms with E-state index in [-0.39, 0.29) is 29.2 Å². The van der Waals surface area contributed by atoms with Gasteiger partial charge in [0.25, 0.3) is 0 Å². The summed E-state index contributed by atoms with van der Waals surface area (Å²) in [5, 5.41) is 3.55. The molecule has 1 aromatic carbocycles. The third-order valence-corrected chi connectivity index (χ3v) is 7.66. The average Bonchev–Trinajstić information content (AvgIpc) is 3.28. The Balaban J connectivity index is 1.43. The lowest BCUT2D eigenvalue weighted by Crippen LogP contribution is -2.36. The first-order valence-electron chi connectivity index (χ1n) is 9.53. The highest BCUT2D eigenvalue weighted by molar-refractivity contribution is 7.99. The highest BCUT2D eigenvalue weighted by Gasteiger charge is 2.29. The molecule has 3 heterocycles. The van der Waals surface area contributed by atoms with Crippen LogP contribution in [0.4, 0.5) is 0 Å². The minimum absolute atomic E-state index is 0.0290. The van der Waals surface area contributed by atoms with Gasteiger partial charge in [0.05, 0.1) is 29.1 Å². The van der Waals surface area contributed by atoms with Crippen molar-refractivity contribution in [3.05, 3.63) is 24.4 Å². The van der Waals surface area contributed by atoms with E-state index in [0.717, 1.165) is 27.9 Å². The molecule has 4 rings (SSSR count). The SMILES string of the molecule is CCn1c(-c2ccc3c(c2)OCCO3)cnc1SCC(=O)NC1CCS(=O)(=O)C1. The standard InChI is InChI=1S/C19H23N3O5S2/c1-2-22-15(13-3-4-16-17(9-13)27-7-6-26-16)10-20-19(22)28-11-18(23)21-14-5-8-29(24,25)12-14/h3-4,9-10,14H,2,5-8,11-12H2,1H3,(H,21,23). The van der Waals surface area contributed by atoms with Crippen LogP contribution in [0.1, 0.15) is 13.3 Å². The maximum atomic E-state index is 12.2. The van der Waals surface area contributed by atoms with Crippen LogP contribution in [0.5, 0.6) is 11.5 Å². The van der Waals surface area contributed by atoms with Gasteiger partial charge in [-0.3, -0.25) is 4.79 Å². The van der Waals surface area contributed by atoms with Crippen molar-refractivity contribution in [2.24, 2.45) is 0 Å². The van der Waals surface area contributed by atoms with Crippen LogP contribution in [0.15, 0.2) is 29.6 Å². The molecule has 156 valence electrons. The van der Waals surface area contributed by atoms with Crippen LogP contribution in [0.25, 0.3) is 11.3 Å². The molecule has 10 heteroatoms. The van der Waals surface area contributed by atoms with Crippen LogP contribution in [0.2, 0.25) is 0 Å². The maximum Gasteiger partial charge on any atom is 0.230 e. The molecular weight excluding hydrogens is 414 g/mol. The van der Waals surface area contributed by atoms with E-state index in [2.05, 4.69) is 10.3 Å². The summed E-state index contributed by atoms with van der Waals surface area (Å²) < 4.78 is 36.3. The third-order valence-electron chi connectivity index (χ3n) is 4.90. The van der Waals surface area contributed by atoms with Crippen molar-refractivity contribution in [2.75, 3.05) is 30.5 Å². The summed E-state index contributed by atoms with van der Waals surface area (Å²) in [4.78, 5) is 16.7. The molecule has 1 amide bonds. The lowest BCUT2D eigenvalue weighted by molar-refractivity contribution is -0.119. The number of carbonyl (C=O) groups excluding carboxylic acids is 1. The smallest absolute Gasteiger partial charge is 0.230 e. The van der Waals surface area contributed by atoms with Gasteiger partial charge in [-0.1, -0.05) is 11.8 Å². The Labute approximate surface area is 173 Å². The van der Waals surface area contributed by atoms with E-state index < -0.39 is 9.84 Å². The van der Waals surface area contributed by atoms with Gasteiger partial charge >= 0.3 is 0 Å². The summed E-state index contributed by atoms with van der Waals surface area (Å²) in [6.07, 6.45) is 2.27. The third kappa shape index (κ3) is 4.53. The van der Waals surface area contributed by atoms with Crippen LogP contribution < -0.4 is 14.8 Å². The molecule has 1 atom stereocenters. The van der Waals surface area contributed by atoms with E-state index in [1.807, 2.05) is 29.7 Å². The number of rotatable bonds is 6. The van der Waals surface area contributed by atoms with Gasteiger partial charge in [-0.15, -0.1) is 0 Å². The van der Waals surface area contributed by atoms with Crippen LogP contribution in [0, 0.1) is 0 Å². The van der Waals surface area contributed by atoms with Gasteiger partial charge in [-0.2, -0.15) is 0 Å². The molecule has 0 radical (unpaired) electrons. The number of ether oxygens (including phenoxy) is 2. The molecule has 1 saturated heterocycles. The second-order valence-electron chi connectivity index (χ2n) is 6.98. The fourth-order valence-electron chi connectivity index (χ4n) is 3.52. The predicted molar refractivity (Wildman–Crippen MR) is 110 cm³/mol. The second kappa shape index (κ2) is 8.27. The fraction of sp³-hybridized carbons (Fsp3) is 0.474. The van der Waals surface area contributed by atoms with Crippen molar-refractivity contribution < 1.29 is 22.7 Å². The summed E-state index contributed by atoms with van der Waals surface area (Å²) in [6, 6.07) is 5.53. The number of hydrogen-bond acceptors (Lipinski definition) is 7. The molecule has 1 aromatic heterocycles. The zero-order valence-corrected chi connectivity index (χ0v) is 17.7. The normalized spacial score (nSPS) is 19.8. The summed E-state index contributed by atoms with van der Waals surface area (Å²) in [6.45, 7) is 3.81. The number of thioether (sulfide) groups is 1. The van der Waals surface area contributed by atoms with Crippen LogP contribution in [0.3, 0.4) is 0 Å². The molecular formula is C19H23N3O5S2. The number of nitrogens with zero attached hydrogens (tertiary/aromatic N) is 2. The van der Waals surface area contributed by atoms with Crippen LogP contribution >= 0.6 is 11.8 Å². The fourth-order valence-corrected chi connectivity index (χ4v) is 6.05. The van der Waals surface area contributed by atoms with Crippen LogP contribution in [-0.2, 0) is 21.2 Å². The zero-order chi connectivity index (χ0) is 20.4. The number of fused-ring (bicyclic) bond motifs is 1. The number of hydrogen-bond donors (Lipinski definition) is 1. The van der Waals surface area contributed by atoms with Crippen LogP contribution in [-0.4, -0.2) is 60.4 Å². The maximum absolute atomic E-state index is 12.2. The highest BCUT2D eigenvalue weighted by atomic mass is 32.2. The van der Waals surface area contributed by atoms with Gasteiger partial charge in [-0.05, 0) is 31.5 Å². The Hall–Kier alpha value is -2.20. The molecule has 2 aromatic rings. The van der Waals surface area contributed by atoms with Crippen molar-refractivity contribution in [2.45, 2.75) is 31.1 Å². The van der Waals surface area contributed by atoms with Crippen molar-refractivity contribution >= 4 is 27.5 Å². The molecule has 1 N–H and O–H groups in total. The lowest BCUT2D eigenvalue weighted by Gasteiger charge is -2.19. The largest absolute Gasteiger partial charge is 0.486 e. The Morgan fingerprint density at radius 1 is 1.31 bits per heavy atom. The van der Waals surface area contributed by atoms with Crippen molar-refractivity contribution in [1.82, 2.24) is 14.9 Å². The van der Waals surface area contributed by atoms with Gasteiger partial charge in [0.15, 0.2) is 26.5 Å². The first-order chi connectivity index (χ1) is 13.9. The minimum Gasteiger partial charge on any atom is -0.486 e. The number of nitrogens with one attached hydrogen (secondary N) is 1. The number of benzene rings is 1. The van der Waals surface area contributed by atoms with Gasteiger partial charge in [0.1, 0.15) is 13.2 Å². The number of amides is 1. The summed E-state index contributed by atoms with van der Waals surface area (Å²) in [5.41, 5.74) is 1.91. The monoisotopic (exact) mass is 437 g/mol. The second-order valence-corrected chi connectivity index (χ2v) is 10.2. The first-order valence-corrected chi connectivity index (χ1v) is 12.3.